The SMILES string of the molecule is COC12CC[C@@]3(C)C(CC[C@H]4[C@@H]5CCC(=O)[C@@]5(C)CC(SC#N)[C@@]43O1)C2. The molecule has 1 spiro atoms. The number of nitriles is 1. The van der Waals surface area contributed by atoms with Gasteiger partial charge in [0, 0.05) is 37.2 Å². The van der Waals surface area contributed by atoms with Gasteiger partial charge in [-0.25, -0.2) is 0 Å². The van der Waals surface area contributed by atoms with Crippen molar-refractivity contribution in [2.75, 3.05) is 7.11 Å². The highest BCUT2D eigenvalue weighted by Gasteiger charge is 2.77. The van der Waals surface area contributed by atoms with E-state index in [2.05, 4.69) is 19.2 Å². The Morgan fingerprint density at radius 2 is 2.00 bits per heavy atom. The molecular weight excluding hydrogens is 346 g/mol. The summed E-state index contributed by atoms with van der Waals surface area (Å²) in [4.78, 5) is 12.8. The van der Waals surface area contributed by atoms with Crippen molar-refractivity contribution in [2.45, 2.75) is 81.9 Å². The molecule has 4 aliphatic carbocycles. The van der Waals surface area contributed by atoms with E-state index < -0.39 is 5.79 Å². The lowest BCUT2D eigenvalue weighted by Gasteiger charge is -2.74. The van der Waals surface area contributed by atoms with Crippen molar-refractivity contribution in [1.82, 2.24) is 0 Å². The maximum absolute atomic E-state index is 12.8. The number of rotatable bonds is 2. The Morgan fingerprint density at radius 3 is 2.73 bits per heavy atom. The minimum absolute atomic E-state index is 0.0590. The van der Waals surface area contributed by atoms with Crippen molar-refractivity contribution in [3.05, 3.63) is 0 Å². The van der Waals surface area contributed by atoms with Gasteiger partial charge in [-0.3, -0.25) is 4.79 Å². The molecule has 2 aliphatic heterocycles. The minimum Gasteiger partial charge on any atom is -0.353 e. The molecule has 3 unspecified atom stereocenters. The number of hydrogen-bond donors (Lipinski definition) is 0. The average Bonchev–Trinajstić information content (AvgIpc) is 2.90. The van der Waals surface area contributed by atoms with E-state index in [1.807, 2.05) is 0 Å². The van der Waals surface area contributed by atoms with Crippen LogP contribution in [0.25, 0.3) is 0 Å². The molecular formula is C21H29NO3S. The largest absolute Gasteiger partial charge is 0.353 e. The van der Waals surface area contributed by atoms with Crippen molar-refractivity contribution < 1.29 is 14.3 Å². The van der Waals surface area contributed by atoms with Gasteiger partial charge in [0.2, 0.25) is 0 Å². The van der Waals surface area contributed by atoms with Gasteiger partial charge in [0.25, 0.3) is 0 Å². The molecule has 4 saturated carbocycles. The molecule has 6 fully saturated rings. The predicted molar refractivity (Wildman–Crippen MR) is 99.2 cm³/mol. The maximum Gasteiger partial charge on any atom is 0.169 e. The zero-order valence-corrected chi connectivity index (χ0v) is 16.9. The molecule has 8 atom stereocenters. The Hall–Kier alpha value is -0.570. The van der Waals surface area contributed by atoms with Gasteiger partial charge in [-0.15, -0.1) is 0 Å². The zero-order chi connectivity index (χ0) is 18.4. The van der Waals surface area contributed by atoms with Gasteiger partial charge in [-0.2, -0.15) is 5.26 Å². The second kappa shape index (κ2) is 5.27. The van der Waals surface area contributed by atoms with Crippen LogP contribution in [0.2, 0.25) is 0 Å². The third-order valence-electron chi connectivity index (χ3n) is 9.39. The number of nitrogens with zero attached hydrogens (tertiary/aromatic N) is 1. The second-order valence-electron chi connectivity index (χ2n) is 9.90. The van der Waals surface area contributed by atoms with Crippen LogP contribution in [0.15, 0.2) is 0 Å². The molecule has 0 radical (unpaired) electrons. The van der Waals surface area contributed by atoms with Gasteiger partial charge >= 0.3 is 0 Å². The zero-order valence-electron chi connectivity index (χ0n) is 16.0. The van der Waals surface area contributed by atoms with E-state index in [0.717, 1.165) is 38.5 Å². The summed E-state index contributed by atoms with van der Waals surface area (Å²) >= 11 is 1.37. The lowest BCUT2D eigenvalue weighted by atomic mass is 9.40. The highest BCUT2D eigenvalue weighted by atomic mass is 32.2. The van der Waals surface area contributed by atoms with Crippen LogP contribution in [-0.2, 0) is 14.3 Å². The third kappa shape index (κ3) is 1.78. The van der Waals surface area contributed by atoms with Crippen molar-refractivity contribution in [2.24, 2.45) is 28.6 Å². The highest BCUT2D eigenvalue weighted by molar-refractivity contribution is 8.04. The van der Waals surface area contributed by atoms with Gasteiger partial charge in [-0.05, 0) is 61.6 Å². The number of carbonyl (C=O) groups is 1. The summed E-state index contributed by atoms with van der Waals surface area (Å²) in [5, 5.41) is 12.0. The van der Waals surface area contributed by atoms with Gasteiger partial charge < -0.3 is 9.47 Å². The van der Waals surface area contributed by atoms with Gasteiger partial charge in [0.15, 0.2) is 5.79 Å². The number of fused-ring (bicyclic) bond motifs is 3. The van der Waals surface area contributed by atoms with Gasteiger partial charge in [0.05, 0.1) is 10.9 Å². The number of carbonyl (C=O) groups excluding carboxylic acids is 1. The topological polar surface area (TPSA) is 59.3 Å². The van der Waals surface area contributed by atoms with Crippen LogP contribution >= 0.6 is 11.8 Å². The monoisotopic (exact) mass is 375 g/mol. The van der Waals surface area contributed by atoms with Crippen LogP contribution in [0, 0.1) is 39.2 Å². The van der Waals surface area contributed by atoms with E-state index in [-0.39, 0.29) is 21.7 Å². The fraction of sp³-hybridized carbons (Fsp3) is 0.905. The molecule has 0 N–H and O–H groups in total. The first-order valence-corrected chi connectivity index (χ1v) is 11.1. The number of thioether (sulfide) groups is 1. The third-order valence-corrected chi connectivity index (χ3v) is 10.3. The lowest BCUT2D eigenvalue weighted by molar-refractivity contribution is -0.419. The van der Waals surface area contributed by atoms with E-state index in [9.17, 15) is 10.1 Å². The standard InChI is InChI=1S/C21H29NO3S/c1-18-11-17(26-12-22)21-15(14(18)6-7-16(18)23)5-4-13-10-20(24-3,25-21)9-8-19(13,21)2/h13-15,17H,4-11H2,1-3H3/t13?,14-,15-,17?,18-,19-,20?,21-/m0/s1. The number of hydrogen-bond acceptors (Lipinski definition) is 5. The number of ether oxygens (including phenoxy) is 2. The Kier molecular flexibility index (Phi) is 3.55. The average molecular weight is 376 g/mol. The predicted octanol–water partition coefficient (Wildman–Crippen LogP) is 4.29. The summed E-state index contributed by atoms with van der Waals surface area (Å²) in [6.45, 7) is 4.60. The number of methoxy groups -OCH3 is 1. The minimum atomic E-state index is -0.480. The fourth-order valence-corrected chi connectivity index (χ4v) is 9.26. The van der Waals surface area contributed by atoms with Crippen LogP contribution in [0.1, 0.15) is 65.2 Å². The summed E-state index contributed by atoms with van der Waals surface area (Å²) in [5.74, 6) is 1.30. The smallest absolute Gasteiger partial charge is 0.169 e. The molecule has 26 heavy (non-hydrogen) atoms. The number of thiocyanates is 1. The summed E-state index contributed by atoms with van der Waals surface area (Å²) < 4.78 is 13.0. The first-order valence-electron chi connectivity index (χ1n) is 10.2. The highest BCUT2D eigenvalue weighted by Crippen LogP contribution is 2.74. The lowest BCUT2D eigenvalue weighted by Crippen LogP contribution is -2.78. The van der Waals surface area contributed by atoms with E-state index in [4.69, 9.17) is 9.47 Å². The molecule has 6 rings (SSSR count). The summed E-state index contributed by atoms with van der Waals surface area (Å²) in [5.41, 5.74) is -0.497. The van der Waals surface area contributed by atoms with E-state index in [1.165, 1.54) is 18.2 Å². The molecule has 6 aliphatic rings. The molecule has 0 aromatic rings. The second-order valence-corrected chi connectivity index (χ2v) is 10.9. The van der Waals surface area contributed by atoms with E-state index in [0.29, 0.717) is 30.0 Å². The summed E-state index contributed by atoms with van der Waals surface area (Å²) in [7, 11) is 1.79. The Morgan fingerprint density at radius 1 is 1.19 bits per heavy atom. The van der Waals surface area contributed by atoms with Gasteiger partial charge in [-0.1, -0.05) is 13.8 Å². The molecule has 4 nitrogen and oxygen atoms in total. The van der Waals surface area contributed by atoms with Crippen molar-refractivity contribution >= 4 is 17.5 Å². The van der Waals surface area contributed by atoms with Crippen LogP contribution < -0.4 is 0 Å². The van der Waals surface area contributed by atoms with Crippen LogP contribution in [0.3, 0.4) is 0 Å². The molecule has 5 heteroatoms. The quantitative estimate of drug-likeness (QED) is 0.674. The van der Waals surface area contributed by atoms with Crippen LogP contribution in [0.5, 0.6) is 0 Å². The number of Topliss-reactive ketones (excluding diaryl/α,β-unsaturated/α-hetero) is 1. The molecule has 0 amide bonds. The normalized spacial score (nSPS) is 57.4. The van der Waals surface area contributed by atoms with E-state index >= 15 is 0 Å². The first kappa shape index (κ1) is 17.5. The summed E-state index contributed by atoms with van der Waals surface area (Å²) in [6, 6.07) is 0. The fourth-order valence-electron chi connectivity index (χ4n) is 8.04. The van der Waals surface area contributed by atoms with Gasteiger partial charge in [0.1, 0.15) is 11.2 Å². The van der Waals surface area contributed by atoms with Crippen molar-refractivity contribution in [3.8, 4) is 5.40 Å². The Balaban J connectivity index is 1.69. The Labute approximate surface area is 160 Å². The summed E-state index contributed by atoms with van der Waals surface area (Å²) in [6.07, 6.45) is 7.88. The molecule has 0 aromatic heterocycles. The first-order chi connectivity index (χ1) is 12.4. The molecule has 142 valence electrons. The molecule has 2 heterocycles. The van der Waals surface area contributed by atoms with Crippen LogP contribution in [0.4, 0.5) is 0 Å². The molecule has 0 aromatic carbocycles. The van der Waals surface area contributed by atoms with Crippen molar-refractivity contribution in [1.29, 1.82) is 5.26 Å². The molecule has 4 bridgehead atoms. The Bertz CT molecular complexity index is 706. The molecule has 2 saturated heterocycles. The number of ketones is 1. The maximum atomic E-state index is 12.8. The van der Waals surface area contributed by atoms with Crippen molar-refractivity contribution in [3.63, 3.8) is 0 Å². The van der Waals surface area contributed by atoms with Crippen LogP contribution in [-0.4, -0.2) is 29.5 Å². The van der Waals surface area contributed by atoms with E-state index in [1.54, 1.807) is 7.11 Å².